The highest BCUT2D eigenvalue weighted by atomic mass is 79.9. The highest BCUT2D eigenvalue weighted by Gasteiger charge is 2.27. The van der Waals surface area contributed by atoms with E-state index in [1.807, 2.05) is 6.92 Å². The highest BCUT2D eigenvalue weighted by molar-refractivity contribution is 9.10. The van der Waals surface area contributed by atoms with Crippen LogP contribution in [-0.2, 0) is 20.0 Å². The summed E-state index contributed by atoms with van der Waals surface area (Å²) in [6, 6.07) is 10.5. The maximum Gasteiger partial charge on any atom is 0.261 e. The molecule has 140 valence electrons. The SMILES string of the molecule is Cc1cc(NS(=O)(=O)c2ccc(S(=O)(=O)N3CCCC3)cc2)ccc1Br. The molecule has 0 unspecified atom stereocenters. The highest BCUT2D eigenvalue weighted by Crippen LogP contribution is 2.25. The number of benzene rings is 2. The Morgan fingerprint density at radius 3 is 2.08 bits per heavy atom. The first-order chi connectivity index (χ1) is 12.2. The van der Waals surface area contributed by atoms with Gasteiger partial charge in [-0.3, -0.25) is 4.72 Å². The summed E-state index contributed by atoms with van der Waals surface area (Å²) in [5.74, 6) is 0. The fraction of sp³-hybridized carbons (Fsp3) is 0.294. The van der Waals surface area contributed by atoms with Gasteiger partial charge in [0.25, 0.3) is 10.0 Å². The van der Waals surface area contributed by atoms with Crippen LogP contribution in [0.2, 0.25) is 0 Å². The van der Waals surface area contributed by atoms with Crippen LogP contribution in [0.25, 0.3) is 0 Å². The van der Waals surface area contributed by atoms with Crippen molar-refractivity contribution in [3.8, 4) is 0 Å². The Bertz CT molecular complexity index is 1010. The van der Waals surface area contributed by atoms with Gasteiger partial charge >= 0.3 is 0 Å². The normalized spacial score (nSPS) is 15.9. The number of sulfonamides is 2. The van der Waals surface area contributed by atoms with Crippen molar-refractivity contribution < 1.29 is 16.8 Å². The average Bonchev–Trinajstić information content (AvgIpc) is 3.13. The monoisotopic (exact) mass is 458 g/mol. The second kappa shape index (κ2) is 7.30. The third kappa shape index (κ3) is 3.95. The van der Waals surface area contributed by atoms with Crippen LogP contribution in [-0.4, -0.2) is 34.2 Å². The number of rotatable bonds is 5. The van der Waals surface area contributed by atoms with E-state index in [-0.39, 0.29) is 9.79 Å². The zero-order chi connectivity index (χ0) is 18.9. The summed E-state index contributed by atoms with van der Waals surface area (Å²) in [5.41, 5.74) is 1.34. The summed E-state index contributed by atoms with van der Waals surface area (Å²) < 4.78 is 54.9. The fourth-order valence-corrected chi connectivity index (χ4v) is 5.60. The van der Waals surface area contributed by atoms with Gasteiger partial charge in [-0.15, -0.1) is 0 Å². The van der Waals surface area contributed by atoms with E-state index in [0.29, 0.717) is 18.8 Å². The molecule has 0 amide bonds. The average molecular weight is 459 g/mol. The van der Waals surface area contributed by atoms with Crippen molar-refractivity contribution >= 4 is 41.7 Å². The number of nitrogens with one attached hydrogen (secondary N) is 1. The van der Waals surface area contributed by atoms with Crippen molar-refractivity contribution in [1.82, 2.24) is 4.31 Å². The lowest BCUT2D eigenvalue weighted by Crippen LogP contribution is -2.27. The van der Waals surface area contributed by atoms with Crippen LogP contribution in [0.3, 0.4) is 0 Å². The van der Waals surface area contributed by atoms with Crippen molar-refractivity contribution in [2.75, 3.05) is 17.8 Å². The number of hydrogen-bond acceptors (Lipinski definition) is 4. The molecule has 0 radical (unpaired) electrons. The standard InChI is InChI=1S/C17H19BrN2O4S2/c1-13-12-14(4-9-17(13)18)19-25(21,22)15-5-7-16(8-6-15)26(23,24)20-10-2-3-11-20/h4-9,12,19H,2-3,10-11H2,1H3. The fourth-order valence-electron chi connectivity index (χ4n) is 2.79. The first kappa shape index (κ1) is 19.3. The van der Waals surface area contributed by atoms with Crippen molar-refractivity contribution in [2.45, 2.75) is 29.6 Å². The van der Waals surface area contributed by atoms with E-state index in [0.717, 1.165) is 22.9 Å². The molecule has 1 aliphatic rings. The number of aryl methyl sites for hydroxylation is 1. The summed E-state index contributed by atoms with van der Waals surface area (Å²) in [6.45, 7) is 2.87. The number of halogens is 1. The maximum absolute atomic E-state index is 12.5. The molecule has 0 aliphatic carbocycles. The summed E-state index contributed by atoms with van der Waals surface area (Å²) in [6.07, 6.45) is 1.70. The summed E-state index contributed by atoms with van der Waals surface area (Å²) in [5, 5.41) is 0. The van der Waals surface area contributed by atoms with Gasteiger partial charge in [-0.25, -0.2) is 16.8 Å². The molecule has 3 rings (SSSR count). The first-order valence-electron chi connectivity index (χ1n) is 8.09. The molecule has 1 N–H and O–H groups in total. The zero-order valence-electron chi connectivity index (χ0n) is 14.1. The predicted octanol–water partition coefficient (Wildman–Crippen LogP) is 3.34. The van der Waals surface area contributed by atoms with Crippen molar-refractivity contribution in [2.24, 2.45) is 0 Å². The van der Waals surface area contributed by atoms with E-state index in [9.17, 15) is 16.8 Å². The van der Waals surface area contributed by atoms with E-state index in [1.54, 1.807) is 18.2 Å². The van der Waals surface area contributed by atoms with E-state index in [4.69, 9.17) is 0 Å². The first-order valence-corrected chi connectivity index (χ1v) is 11.8. The van der Waals surface area contributed by atoms with E-state index >= 15 is 0 Å². The Labute approximate surface area is 162 Å². The summed E-state index contributed by atoms with van der Waals surface area (Å²) in [7, 11) is -7.36. The molecule has 0 bridgehead atoms. The van der Waals surface area contributed by atoms with Gasteiger partial charge in [-0.05, 0) is 67.8 Å². The minimum absolute atomic E-state index is 0.0124. The minimum atomic E-state index is -3.80. The van der Waals surface area contributed by atoms with E-state index < -0.39 is 20.0 Å². The van der Waals surface area contributed by atoms with Crippen LogP contribution in [0, 0.1) is 6.92 Å². The molecule has 9 heteroatoms. The van der Waals surface area contributed by atoms with Crippen LogP contribution in [0.4, 0.5) is 5.69 Å². The topological polar surface area (TPSA) is 83.5 Å². The van der Waals surface area contributed by atoms with Gasteiger partial charge in [0.05, 0.1) is 9.79 Å². The van der Waals surface area contributed by atoms with Gasteiger partial charge in [0.15, 0.2) is 0 Å². The van der Waals surface area contributed by atoms with Gasteiger partial charge in [0.2, 0.25) is 10.0 Å². The van der Waals surface area contributed by atoms with Gasteiger partial charge in [0, 0.05) is 23.2 Å². The molecule has 2 aromatic carbocycles. The Balaban J connectivity index is 1.83. The Morgan fingerprint density at radius 1 is 0.923 bits per heavy atom. The molecule has 0 aromatic heterocycles. The third-order valence-electron chi connectivity index (χ3n) is 4.25. The lowest BCUT2D eigenvalue weighted by Gasteiger charge is -2.16. The molecule has 6 nitrogen and oxygen atoms in total. The lowest BCUT2D eigenvalue weighted by molar-refractivity contribution is 0.477. The molecular formula is C17H19BrN2O4S2. The van der Waals surface area contributed by atoms with Gasteiger partial charge in [0.1, 0.15) is 0 Å². The zero-order valence-corrected chi connectivity index (χ0v) is 17.4. The van der Waals surface area contributed by atoms with Crippen molar-refractivity contribution in [3.05, 3.63) is 52.5 Å². The van der Waals surface area contributed by atoms with E-state index in [1.165, 1.54) is 28.6 Å². The largest absolute Gasteiger partial charge is 0.280 e. The Hall–Kier alpha value is -1.42. The van der Waals surface area contributed by atoms with Crippen LogP contribution >= 0.6 is 15.9 Å². The predicted molar refractivity (Wildman–Crippen MR) is 104 cm³/mol. The quantitative estimate of drug-likeness (QED) is 0.744. The van der Waals surface area contributed by atoms with Gasteiger partial charge in [-0.1, -0.05) is 15.9 Å². The number of nitrogens with zero attached hydrogens (tertiary/aromatic N) is 1. The minimum Gasteiger partial charge on any atom is -0.280 e. The van der Waals surface area contributed by atoms with Crippen molar-refractivity contribution in [1.29, 1.82) is 0 Å². The Kier molecular flexibility index (Phi) is 5.43. The Morgan fingerprint density at radius 2 is 1.50 bits per heavy atom. The number of anilines is 1. The van der Waals surface area contributed by atoms with Crippen LogP contribution in [0.1, 0.15) is 18.4 Å². The van der Waals surface area contributed by atoms with Crippen LogP contribution in [0.15, 0.2) is 56.7 Å². The second-order valence-electron chi connectivity index (χ2n) is 6.15. The summed E-state index contributed by atoms with van der Waals surface area (Å²) in [4.78, 5) is 0.122. The molecule has 1 heterocycles. The molecule has 1 aliphatic heterocycles. The molecule has 0 atom stereocenters. The van der Waals surface area contributed by atoms with Gasteiger partial charge in [-0.2, -0.15) is 4.31 Å². The smallest absolute Gasteiger partial charge is 0.261 e. The van der Waals surface area contributed by atoms with Crippen LogP contribution in [0.5, 0.6) is 0 Å². The van der Waals surface area contributed by atoms with Crippen molar-refractivity contribution in [3.63, 3.8) is 0 Å². The van der Waals surface area contributed by atoms with Gasteiger partial charge < -0.3 is 0 Å². The molecule has 1 saturated heterocycles. The molecule has 26 heavy (non-hydrogen) atoms. The third-order valence-corrected chi connectivity index (χ3v) is 8.45. The number of hydrogen-bond donors (Lipinski definition) is 1. The van der Waals surface area contributed by atoms with E-state index in [2.05, 4.69) is 20.7 Å². The molecule has 2 aromatic rings. The molecule has 0 spiro atoms. The van der Waals surface area contributed by atoms with Crippen LogP contribution < -0.4 is 4.72 Å². The second-order valence-corrected chi connectivity index (χ2v) is 10.6. The molecular weight excluding hydrogens is 440 g/mol. The lowest BCUT2D eigenvalue weighted by atomic mass is 10.2. The molecule has 0 saturated carbocycles. The summed E-state index contributed by atoms with van der Waals surface area (Å²) >= 11 is 3.37. The molecule has 1 fully saturated rings. The maximum atomic E-state index is 12.5.